The summed E-state index contributed by atoms with van der Waals surface area (Å²) in [6, 6.07) is 6.51. The molecule has 0 aliphatic rings. The van der Waals surface area contributed by atoms with Gasteiger partial charge in [-0.05, 0) is 50.1 Å². The molecule has 0 aliphatic carbocycles. The number of halogens is 1. The van der Waals surface area contributed by atoms with Gasteiger partial charge < -0.3 is 5.32 Å². The fourth-order valence-electron chi connectivity index (χ4n) is 2.38. The van der Waals surface area contributed by atoms with Crippen LogP contribution in [0, 0.1) is 6.92 Å². The van der Waals surface area contributed by atoms with Gasteiger partial charge in [0.2, 0.25) is 0 Å². The Hall–Kier alpha value is -0.970. The van der Waals surface area contributed by atoms with Gasteiger partial charge in [-0.1, -0.05) is 25.4 Å². The number of aromatic nitrogens is 2. The zero-order valence-corrected chi connectivity index (χ0v) is 14.4. The summed E-state index contributed by atoms with van der Waals surface area (Å²) in [5.74, 6) is 0. The molecule has 2 heterocycles. The van der Waals surface area contributed by atoms with Gasteiger partial charge in [0.1, 0.15) is 0 Å². The third kappa shape index (κ3) is 4.50. The summed E-state index contributed by atoms with van der Waals surface area (Å²) in [5.41, 5.74) is 3.31. The van der Waals surface area contributed by atoms with Gasteiger partial charge in [-0.2, -0.15) is 10.2 Å². The van der Waals surface area contributed by atoms with Gasteiger partial charge in [-0.3, -0.25) is 0 Å². The molecule has 1 unspecified atom stereocenters. The minimum absolute atomic E-state index is 0.267. The van der Waals surface area contributed by atoms with Crippen molar-refractivity contribution in [3.05, 3.63) is 44.4 Å². The van der Waals surface area contributed by atoms with E-state index >= 15 is 0 Å². The second-order valence-corrected chi connectivity index (χ2v) is 6.96. The van der Waals surface area contributed by atoms with Gasteiger partial charge in [0.05, 0.1) is 15.7 Å². The van der Waals surface area contributed by atoms with Gasteiger partial charge >= 0.3 is 0 Å². The summed E-state index contributed by atoms with van der Waals surface area (Å²) in [5, 5.41) is 12.2. The van der Waals surface area contributed by atoms with Gasteiger partial charge in [-0.25, -0.2) is 0 Å². The molecule has 0 radical (unpaired) electrons. The Kier molecular flexibility index (Phi) is 6.15. The van der Waals surface area contributed by atoms with Crippen LogP contribution in [-0.2, 0) is 12.8 Å². The molecular formula is C16H22ClN3S. The predicted octanol–water partition coefficient (Wildman–Crippen LogP) is 4.35. The molecule has 21 heavy (non-hydrogen) atoms. The van der Waals surface area contributed by atoms with Gasteiger partial charge in [0.15, 0.2) is 0 Å². The van der Waals surface area contributed by atoms with E-state index in [9.17, 15) is 0 Å². The van der Waals surface area contributed by atoms with Crippen molar-refractivity contribution in [3.63, 3.8) is 0 Å². The number of hydrogen-bond donors (Lipinski definition) is 1. The third-order valence-electron chi connectivity index (χ3n) is 3.41. The summed E-state index contributed by atoms with van der Waals surface area (Å²) in [7, 11) is 0. The molecule has 2 aromatic heterocycles. The molecule has 1 N–H and O–H groups in total. The number of thiophene rings is 1. The standard InChI is InChI=1S/C16H22ClN3S/c1-4-8-18-15(10-12-6-7-16(17)21-12)13-9-11(3)19-20-14(13)5-2/h6-7,9,15,18H,4-5,8,10H2,1-3H3. The molecule has 0 saturated heterocycles. The molecule has 5 heteroatoms. The molecule has 0 amide bonds. The molecule has 0 bridgehead atoms. The lowest BCUT2D eigenvalue weighted by Crippen LogP contribution is -2.25. The molecule has 0 aliphatic heterocycles. The number of hydrogen-bond acceptors (Lipinski definition) is 4. The molecule has 0 saturated carbocycles. The minimum atomic E-state index is 0.267. The monoisotopic (exact) mass is 323 g/mol. The van der Waals surface area contributed by atoms with Crippen molar-refractivity contribution in [2.75, 3.05) is 6.54 Å². The first-order chi connectivity index (χ1) is 10.1. The van der Waals surface area contributed by atoms with Crippen molar-refractivity contribution in [2.24, 2.45) is 0 Å². The maximum Gasteiger partial charge on any atom is 0.0931 e. The van der Waals surface area contributed by atoms with Crippen molar-refractivity contribution in [1.29, 1.82) is 0 Å². The Balaban J connectivity index is 2.28. The molecule has 1 atom stereocenters. The first-order valence-electron chi connectivity index (χ1n) is 7.44. The van der Waals surface area contributed by atoms with Crippen molar-refractivity contribution in [1.82, 2.24) is 15.5 Å². The minimum Gasteiger partial charge on any atom is -0.310 e. The first kappa shape index (κ1) is 16.4. The molecule has 0 fully saturated rings. The van der Waals surface area contributed by atoms with Crippen LogP contribution in [0.1, 0.15) is 48.1 Å². The van der Waals surface area contributed by atoms with E-state index in [-0.39, 0.29) is 6.04 Å². The van der Waals surface area contributed by atoms with Crippen LogP contribution in [-0.4, -0.2) is 16.7 Å². The van der Waals surface area contributed by atoms with Crippen LogP contribution >= 0.6 is 22.9 Å². The van der Waals surface area contributed by atoms with E-state index in [2.05, 4.69) is 41.5 Å². The highest BCUT2D eigenvalue weighted by Crippen LogP contribution is 2.28. The average Bonchev–Trinajstić information content (AvgIpc) is 2.88. The van der Waals surface area contributed by atoms with Crippen LogP contribution in [0.3, 0.4) is 0 Å². The molecule has 0 spiro atoms. The highest BCUT2D eigenvalue weighted by Gasteiger charge is 2.17. The Morgan fingerprint density at radius 2 is 2.10 bits per heavy atom. The highest BCUT2D eigenvalue weighted by molar-refractivity contribution is 7.16. The largest absolute Gasteiger partial charge is 0.310 e. The second kappa shape index (κ2) is 7.87. The molecule has 2 aromatic rings. The van der Waals surface area contributed by atoms with E-state index in [4.69, 9.17) is 11.6 Å². The summed E-state index contributed by atoms with van der Waals surface area (Å²) in [6.45, 7) is 7.30. The average molecular weight is 324 g/mol. The van der Waals surface area contributed by atoms with Crippen molar-refractivity contribution in [2.45, 2.75) is 46.1 Å². The van der Waals surface area contributed by atoms with Gasteiger partial charge in [0, 0.05) is 17.3 Å². The van der Waals surface area contributed by atoms with Gasteiger partial charge in [0.25, 0.3) is 0 Å². The van der Waals surface area contributed by atoms with E-state index in [0.717, 1.165) is 41.5 Å². The summed E-state index contributed by atoms with van der Waals surface area (Å²) in [4.78, 5) is 1.30. The van der Waals surface area contributed by atoms with Crippen molar-refractivity contribution >= 4 is 22.9 Å². The first-order valence-corrected chi connectivity index (χ1v) is 8.64. The van der Waals surface area contributed by atoms with Crippen LogP contribution in [0.5, 0.6) is 0 Å². The second-order valence-electron chi connectivity index (χ2n) is 5.16. The van der Waals surface area contributed by atoms with Crippen LogP contribution in [0.25, 0.3) is 0 Å². The van der Waals surface area contributed by atoms with Crippen LogP contribution in [0.2, 0.25) is 4.34 Å². The Bertz CT molecular complexity index is 583. The number of nitrogens with zero attached hydrogens (tertiary/aromatic N) is 2. The maximum atomic E-state index is 6.05. The lowest BCUT2D eigenvalue weighted by atomic mass is 9.99. The normalized spacial score (nSPS) is 12.6. The molecule has 114 valence electrons. The lowest BCUT2D eigenvalue weighted by molar-refractivity contribution is 0.524. The number of rotatable bonds is 7. The zero-order valence-electron chi connectivity index (χ0n) is 12.8. The summed E-state index contributed by atoms with van der Waals surface area (Å²) < 4.78 is 0.846. The fraction of sp³-hybridized carbons (Fsp3) is 0.500. The number of nitrogens with one attached hydrogen (secondary N) is 1. The third-order valence-corrected chi connectivity index (χ3v) is 4.66. The molecule has 3 nitrogen and oxygen atoms in total. The molecular weight excluding hydrogens is 302 g/mol. The number of aryl methyl sites for hydroxylation is 2. The van der Waals surface area contributed by atoms with E-state index in [1.54, 1.807) is 11.3 Å². The molecule has 2 rings (SSSR count). The smallest absolute Gasteiger partial charge is 0.0931 e. The maximum absolute atomic E-state index is 6.05. The summed E-state index contributed by atoms with van der Waals surface area (Å²) in [6.07, 6.45) is 2.95. The van der Waals surface area contributed by atoms with E-state index in [1.807, 2.05) is 13.0 Å². The predicted molar refractivity (Wildman–Crippen MR) is 90.2 cm³/mol. The lowest BCUT2D eigenvalue weighted by Gasteiger charge is -2.20. The highest BCUT2D eigenvalue weighted by atomic mass is 35.5. The zero-order chi connectivity index (χ0) is 15.2. The SMILES string of the molecule is CCCNC(Cc1ccc(Cl)s1)c1cc(C)nnc1CC. The van der Waals surface area contributed by atoms with E-state index in [0.29, 0.717) is 0 Å². The quantitative estimate of drug-likeness (QED) is 0.823. The topological polar surface area (TPSA) is 37.8 Å². The van der Waals surface area contributed by atoms with E-state index < -0.39 is 0 Å². The Labute approximate surface area is 135 Å². The Morgan fingerprint density at radius 3 is 2.71 bits per heavy atom. The van der Waals surface area contributed by atoms with Gasteiger partial charge in [-0.15, -0.1) is 11.3 Å². The van der Waals surface area contributed by atoms with Crippen molar-refractivity contribution in [3.8, 4) is 0 Å². The van der Waals surface area contributed by atoms with E-state index in [1.165, 1.54) is 10.4 Å². The molecule has 0 aromatic carbocycles. The Morgan fingerprint density at radius 1 is 1.29 bits per heavy atom. The fourth-order valence-corrected chi connectivity index (χ4v) is 3.52. The summed E-state index contributed by atoms with van der Waals surface area (Å²) >= 11 is 7.71. The van der Waals surface area contributed by atoms with Crippen molar-refractivity contribution < 1.29 is 0 Å². The van der Waals surface area contributed by atoms with Crippen LogP contribution in [0.15, 0.2) is 18.2 Å². The van der Waals surface area contributed by atoms with Crippen LogP contribution in [0.4, 0.5) is 0 Å². The van der Waals surface area contributed by atoms with Crippen LogP contribution < -0.4 is 5.32 Å².